The van der Waals surface area contributed by atoms with Crippen LogP contribution in [0.25, 0.3) is 0 Å². The molecule has 0 aliphatic rings. The Labute approximate surface area is 162 Å². The molecule has 0 saturated carbocycles. The highest BCUT2D eigenvalue weighted by Crippen LogP contribution is 2.15. The van der Waals surface area contributed by atoms with Gasteiger partial charge in [-0.15, -0.1) is 0 Å². The summed E-state index contributed by atoms with van der Waals surface area (Å²) in [5.41, 5.74) is 2.32. The van der Waals surface area contributed by atoms with Gasteiger partial charge in [0, 0.05) is 37.3 Å². The molecule has 0 bridgehead atoms. The maximum absolute atomic E-state index is 13.0. The third-order valence-corrected chi connectivity index (χ3v) is 4.65. The Kier molecular flexibility index (Phi) is 7.59. The van der Waals surface area contributed by atoms with Gasteiger partial charge in [0.05, 0.1) is 0 Å². The van der Waals surface area contributed by atoms with E-state index < -0.39 is 0 Å². The predicted octanol–water partition coefficient (Wildman–Crippen LogP) is 4.61. The van der Waals surface area contributed by atoms with Crippen molar-refractivity contribution in [1.29, 1.82) is 0 Å². The zero-order valence-corrected chi connectivity index (χ0v) is 16.8. The first-order chi connectivity index (χ1) is 12.9. The van der Waals surface area contributed by atoms with Crippen LogP contribution in [0.4, 0.5) is 0 Å². The lowest BCUT2D eigenvalue weighted by atomic mass is 10.1. The molecule has 2 rings (SSSR count). The molecule has 0 aromatic heterocycles. The van der Waals surface area contributed by atoms with Gasteiger partial charge in [0.2, 0.25) is 0 Å². The van der Waals surface area contributed by atoms with Crippen LogP contribution in [0.15, 0.2) is 54.6 Å². The summed E-state index contributed by atoms with van der Waals surface area (Å²) in [5.74, 6) is -0.0281. The Bertz CT molecular complexity index is 739. The second-order valence-corrected chi connectivity index (χ2v) is 7.17. The van der Waals surface area contributed by atoms with E-state index >= 15 is 0 Å². The first-order valence-corrected chi connectivity index (χ1v) is 9.64. The molecule has 2 amide bonds. The smallest absolute Gasteiger partial charge is 0.254 e. The largest absolute Gasteiger partial charge is 0.342 e. The average molecular weight is 367 g/mol. The Hall–Kier alpha value is -2.62. The molecule has 2 aromatic carbocycles. The van der Waals surface area contributed by atoms with Crippen LogP contribution in [0.5, 0.6) is 0 Å². The van der Waals surface area contributed by atoms with Gasteiger partial charge in [-0.25, -0.2) is 0 Å². The summed E-state index contributed by atoms with van der Waals surface area (Å²) < 4.78 is 0. The second-order valence-electron chi connectivity index (χ2n) is 7.17. The fraction of sp³-hybridized carbons (Fsp3) is 0.391. The molecular weight excluding hydrogens is 336 g/mol. The summed E-state index contributed by atoms with van der Waals surface area (Å²) >= 11 is 0. The zero-order valence-electron chi connectivity index (χ0n) is 16.8. The molecule has 0 radical (unpaired) electrons. The molecule has 0 atom stereocenters. The average Bonchev–Trinajstić information content (AvgIpc) is 2.69. The van der Waals surface area contributed by atoms with Crippen LogP contribution in [0, 0.1) is 0 Å². The van der Waals surface area contributed by atoms with Gasteiger partial charge in [-0.05, 0) is 50.1 Å². The monoisotopic (exact) mass is 366 g/mol. The Morgan fingerprint density at radius 2 is 1.44 bits per heavy atom. The highest BCUT2D eigenvalue weighted by molar-refractivity contribution is 5.97. The highest BCUT2D eigenvalue weighted by Gasteiger charge is 2.20. The van der Waals surface area contributed by atoms with Crippen LogP contribution in [0.1, 0.15) is 59.9 Å². The third-order valence-electron chi connectivity index (χ3n) is 4.65. The number of hydrogen-bond donors (Lipinski definition) is 0. The maximum Gasteiger partial charge on any atom is 0.254 e. The van der Waals surface area contributed by atoms with Crippen molar-refractivity contribution in [2.75, 3.05) is 13.6 Å². The van der Waals surface area contributed by atoms with Crippen LogP contribution >= 0.6 is 0 Å². The molecule has 0 aliphatic heterocycles. The van der Waals surface area contributed by atoms with Gasteiger partial charge in [0.1, 0.15) is 0 Å². The minimum Gasteiger partial charge on any atom is -0.342 e. The van der Waals surface area contributed by atoms with Gasteiger partial charge < -0.3 is 9.80 Å². The van der Waals surface area contributed by atoms with E-state index in [1.165, 1.54) is 0 Å². The molecule has 2 aromatic rings. The van der Waals surface area contributed by atoms with E-state index in [0.717, 1.165) is 24.9 Å². The van der Waals surface area contributed by atoms with E-state index in [1.54, 1.807) is 29.2 Å². The first-order valence-electron chi connectivity index (χ1n) is 9.64. The topological polar surface area (TPSA) is 40.6 Å². The lowest BCUT2D eigenvalue weighted by Crippen LogP contribution is -2.36. The van der Waals surface area contributed by atoms with Crippen LogP contribution in [-0.2, 0) is 6.54 Å². The SMILES string of the molecule is CCCCN(C)C(=O)c1ccc(C(=O)N(Cc2ccccc2)C(C)C)cc1. The summed E-state index contributed by atoms with van der Waals surface area (Å²) in [6.07, 6.45) is 2.04. The van der Waals surface area contributed by atoms with E-state index in [0.29, 0.717) is 17.7 Å². The summed E-state index contributed by atoms with van der Waals surface area (Å²) in [5, 5.41) is 0. The number of hydrogen-bond acceptors (Lipinski definition) is 2. The molecule has 4 heteroatoms. The standard InChI is InChI=1S/C23H30N2O2/c1-5-6-16-24(4)22(26)20-12-14-21(15-13-20)23(27)25(18(2)3)17-19-10-8-7-9-11-19/h7-15,18H,5-6,16-17H2,1-4H3. The molecule has 27 heavy (non-hydrogen) atoms. The van der Waals surface area contributed by atoms with E-state index in [4.69, 9.17) is 0 Å². The van der Waals surface area contributed by atoms with E-state index in [-0.39, 0.29) is 17.9 Å². The van der Waals surface area contributed by atoms with Gasteiger partial charge in [0.25, 0.3) is 11.8 Å². The summed E-state index contributed by atoms with van der Waals surface area (Å²) in [6, 6.07) is 17.1. The quantitative estimate of drug-likeness (QED) is 0.684. The second kappa shape index (κ2) is 9.91. The van der Waals surface area contributed by atoms with Gasteiger partial charge in [-0.1, -0.05) is 43.7 Å². The molecule has 0 saturated heterocycles. The van der Waals surface area contributed by atoms with E-state index in [1.807, 2.05) is 56.1 Å². The zero-order chi connectivity index (χ0) is 19.8. The van der Waals surface area contributed by atoms with Gasteiger partial charge >= 0.3 is 0 Å². The molecule has 0 heterocycles. The van der Waals surface area contributed by atoms with Crippen molar-refractivity contribution in [1.82, 2.24) is 9.80 Å². The van der Waals surface area contributed by atoms with Crippen molar-refractivity contribution >= 4 is 11.8 Å². The van der Waals surface area contributed by atoms with Gasteiger partial charge in [-0.3, -0.25) is 9.59 Å². The number of unbranched alkanes of at least 4 members (excludes halogenated alkanes) is 1. The summed E-state index contributed by atoms with van der Waals surface area (Å²) in [4.78, 5) is 29.0. The minimum atomic E-state index is -0.0211. The van der Waals surface area contributed by atoms with Gasteiger partial charge in [-0.2, -0.15) is 0 Å². The van der Waals surface area contributed by atoms with E-state index in [2.05, 4.69) is 6.92 Å². The minimum absolute atomic E-state index is 0.00699. The van der Waals surface area contributed by atoms with Crippen molar-refractivity contribution in [2.24, 2.45) is 0 Å². The third kappa shape index (κ3) is 5.68. The maximum atomic E-state index is 13.0. The summed E-state index contributed by atoms with van der Waals surface area (Å²) in [7, 11) is 1.82. The molecule has 4 nitrogen and oxygen atoms in total. The van der Waals surface area contributed by atoms with Crippen LogP contribution in [0.3, 0.4) is 0 Å². The number of nitrogens with zero attached hydrogens (tertiary/aromatic N) is 2. The number of amides is 2. The number of carbonyl (C=O) groups is 2. The normalized spacial score (nSPS) is 10.7. The fourth-order valence-corrected chi connectivity index (χ4v) is 2.91. The first kappa shape index (κ1) is 20.7. The molecular formula is C23H30N2O2. The Balaban J connectivity index is 2.11. The predicted molar refractivity (Wildman–Crippen MR) is 110 cm³/mol. The fourth-order valence-electron chi connectivity index (χ4n) is 2.91. The number of benzene rings is 2. The van der Waals surface area contributed by atoms with Crippen LogP contribution in [0.2, 0.25) is 0 Å². The van der Waals surface area contributed by atoms with Crippen LogP contribution in [-0.4, -0.2) is 41.2 Å². The molecule has 0 fully saturated rings. The lowest BCUT2D eigenvalue weighted by molar-refractivity contribution is 0.0689. The van der Waals surface area contributed by atoms with Crippen molar-refractivity contribution < 1.29 is 9.59 Å². The molecule has 0 N–H and O–H groups in total. The molecule has 0 spiro atoms. The molecule has 0 unspecified atom stereocenters. The van der Waals surface area contributed by atoms with Crippen molar-refractivity contribution in [3.63, 3.8) is 0 Å². The van der Waals surface area contributed by atoms with Gasteiger partial charge in [0.15, 0.2) is 0 Å². The lowest BCUT2D eigenvalue weighted by Gasteiger charge is -2.27. The van der Waals surface area contributed by atoms with E-state index in [9.17, 15) is 9.59 Å². The molecule has 0 aliphatic carbocycles. The van der Waals surface area contributed by atoms with Crippen molar-refractivity contribution in [2.45, 2.75) is 46.2 Å². The van der Waals surface area contributed by atoms with Crippen molar-refractivity contribution in [3.8, 4) is 0 Å². The summed E-state index contributed by atoms with van der Waals surface area (Å²) in [6.45, 7) is 7.45. The Morgan fingerprint density at radius 3 is 1.96 bits per heavy atom. The van der Waals surface area contributed by atoms with Crippen LogP contribution < -0.4 is 0 Å². The molecule has 144 valence electrons. The Morgan fingerprint density at radius 1 is 0.889 bits per heavy atom. The van der Waals surface area contributed by atoms with Crippen molar-refractivity contribution in [3.05, 3.63) is 71.3 Å². The number of carbonyl (C=O) groups excluding carboxylic acids is 2. The number of rotatable bonds is 8. The highest BCUT2D eigenvalue weighted by atomic mass is 16.2.